The molecule has 0 unspecified atom stereocenters. The van der Waals surface area contributed by atoms with E-state index in [9.17, 15) is 9.90 Å². The van der Waals surface area contributed by atoms with Gasteiger partial charge in [-0.3, -0.25) is 4.79 Å². The van der Waals surface area contributed by atoms with Gasteiger partial charge in [-0.25, -0.2) is 0 Å². The molecule has 1 aromatic carbocycles. The molecular formula is C11H13ClN2O2. The second-order valence-corrected chi connectivity index (χ2v) is 4.34. The standard InChI is InChI=1S/C11H13ClN2O2/c12-10-2-1-7(13)5-9(10)11(16)14-4-3-8(15)6-14/h1-2,5,8,15H,3-4,6,13H2/t8-/m0/s1. The third-order valence-electron chi connectivity index (χ3n) is 2.67. The van der Waals surface area contributed by atoms with E-state index in [0.717, 1.165) is 0 Å². The topological polar surface area (TPSA) is 66.6 Å². The summed E-state index contributed by atoms with van der Waals surface area (Å²) in [5, 5.41) is 9.76. The first-order valence-corrected chi connectivity index (χ1v) is 5.48. The molecule has 1 saturated heterocycles. The Labute approximate surface area is 98.6 Å². The molecule has 1 amide bonds. The molecular weight excluding hydrogens is 228 g/mol. The van der Waals surface area contributed by atoms with Gasteiger partial charge in [0.05, 0.1) is 16.7 Å². The van der Waals surface area contributed by atoms with E-state index >= 15 is 0 Å². The van der Waals surface area contributed by atoms with Gasteiger partial charge in [0, 0.05) is 18.8 Å². The Kier molecular flexibility index (Phi) is 3.03. The number of likely N-dealkylation sites (tertiary alicyclic amines) is 1. The molecule has 2 rings (SSSR count). The average Bonchev–Trinajstić information content (AvgIpc) is 2.67. The van der Waals surface area contributed by atoms with Gasteiger partial charge in [0.2, 0.25) is 0 Å². The van der Waals surface area contributed by atoms with Crippen molar-refractivity contribution in [2.75, 3.05) is 18.8 Å². The number of carbonyl (C=O) groups excluding carboxylic acids is 1. The summed E-state index contributed by atoms with van der Waals surface area (Å²) in [6.07, 6.45) is 0.190. The minimum absolute atomic E-state index is 0.172. The first-order valence-electron chi connectivity index (χ1n) is 5.10. The Morgan fingerprint density at radius 1 is 1.56 bits per heavy atom. The molecule has 1 heterocycles. The van der Waals surface area contributed by atoms with Crippen molar-refractivity contribution in [1.29, 1.82) is 0 Å². The number of anilines is 1. The van der Waals surface area contributed by atoms with Gasteiger partial charge in [-0.15, -0.1) is 0 Å². The second-order valence-electron chi connectivity index (χ2n) is 3.93. The van der Waals surface area contributed by atoms with Crippen LogP contribution in [-0.4, -0.2) is 35.1 Å². The van der Waals surface area contributed by atoms with E-state index in [2.05, 4.69) is 0 Å². The second kappa shape index (κ2) is 4.31. The minimum Gasteiger partial charge on any atom is -0.399 e. The van der Waals surface area contributed by atoms with Gasteiger partial charge in [0.15, 0.2) is 0 Å². The number of aliphatic hydroxyl groups is 1. The zero-order chi connectivity index (χ0) is 11.7. The van der Waals surface area contributed by atoms with Crippen LogP contribution >= 0.6 is 11.6 Å². The molecule has 3 N–H and O–H groups in total. The number of amides is 1. The lowest BCUT2D eigenvalue weighted by molar-refractivity contribution is 0.0765. The van der Waals surface area contributed by atoms with Crippen LogP contribution in [0.3, 0.4) is 0 Å². The number of nitrogens with zero attached hydrogens (tertiary/aromatic N) is 1. The number of β-amino-alcohol motifs (C(OH)–C–C–N with tert-alkyl or cyclic N) is 1. The number of rotatable bonds is 1. The zero-order valence-electron chi connectivity index (χ0n) is 8.69. The summed E-state index contributed by atoms with van der Waals surface area (Å²) in [6, 6.07) is 4.82. The number of nitrogens with two attached hydrogens (primary N) is 1. The monoisotopic (exact) mass is 240 g/mol. The van der Waals surface area contributed by atoms with Crippen LogP contribution < -0.4 is 5.73 Å². The minimum atomic E-state index is -0.427. The summed E-state index contributed by atoms with van der Waals surface area (Å²) < 4.78 is 0. The normalized spacial score (nSPS) is 20.1. The summed E-state index contributed by atoms with van der Waals surface area (Å²) in [6.45, 7) is 0.926. The van der Waals surface area contributed by atoms with Gasteiger partial charge in [0.1, 0.15) is 0 Å². The van der Waals surface area contributed by atoms with E-state index in [1.807, 2.05) is 0 Å². The maximum absolute atomic E-state index is 12.0. The van der Waals surface area contributed by atoms with Gasteiger partial charge < -0.3 is 15.7 Å². The van der Waals surface area contributed by atoms with Gasteiger partial charge in [-0.2, -0.15) is 0 Å². The Balaban J connectivity index is 2.23. The van der Waals surface area contributed by atoms with Gasteiger partial charge >= 0.3 is 0 Å². The van der Waals surface area contributed by atoms with Crippen molar-refractivity contribution in [1.82, 2.24) is 4.90 Å². The molecule has 0 radical (unpaired) electrons. The van der Waals surface area contributed by atoms with Crippen molar-refractivity contribution in [3.8, 4) is 0 Å². The molecule has 0 bridgehead atoms. The molecule has 1 aliphatic rings. The molecule has 0 aromatic heterocycles. The van der Waals surface area contributed by atoms with Crippen LogP contribution in [0.1, 0.15) is 16.8 Å². The molecule has 4 nitrogen and oxygen atoms in total. The van der Waals surface area contributed by atoms with E-state index in [4.69, 9.17) is 17.3 Å². The van der Waals surface area contributed by atoms with Crippen LogP contribution in [0.15, 0.2) is 18.2 Å². The fourth-order valence-corrected chi connectivity index (χ4v) is 2.00. The predicted molar refractivity (Wildman–Crippen MR) is 62.4 cm³/mol. The average molecular weight is 241 g/mol. The van der Waals surface area contributed by atoms with Crippen LogP contribution in [-0.2, 0) is 0 Å². The van der Waals surface area contributed by atoms with Crippen molar-refractivity contribution in [3.63, 3.8) is 0 Å². The SMILES string of the molecule is Nc1ccc(Cl)c(C(=O)N2CC[C@H](O)C2)c1. The molecule has 86 valence electrons. The molecule has 0 spiro atoms. The van der Waals surface area contributed by atoms with E-state index in [-0.39, 0.29) is 5.91 Å². The van der Waals surface area contributed by atoms with E-state index in [1.54, 1.807) is 23.1 Å². The van der Waals surface area contributed by atoms with Crippen molar-refractivity contribution in [2.45, 2.75) is 12.5 Å². The maximum atomic E-state index is 12.0. The first kappa shape index (κ1) is 11.2. The van der Waals surface area contributed by atoms with Crippen molar-refractivity contribution < 1.29 is 9.90 Å². The number of hydrogen-bond acceptors (Lipinski definition) is 3. The van der Waals surface area contributed by atoms with Crippen molar-refractivity contribution in [2.24, 2.45) is 0 Å². The molecule has 1 aromatic rings. The number of nitrogen functional groups attached to an aromatic ring is 1. The lowest BCUT2D eigenvalue weighted by Gasteiger charge is -2.16. The van der Waals surface area contributed by atoms with Crippen LogP contribution in [0.5, 0.6) is 0 Å². The van der Waals surface area contributed by atoms with E-state index in [0.29, 0.717) is 35.8 Å². The molecule has 5 heteroatoms. The first-order chi connectivity index (χ1) is 7.58. The van der Waals surface area contributed by atoms with Crippen LogP contribution in [0.2, 0.25) is 5.02 Å². The Hall–Kier alpha value is -1.26. The summed E-state index contributed by atoms with van der Waals surface area (Å²) in [4.78, 5) is 13.6. The highest BCUT2D eigenvalue weighted by molar-refractivity contribution is 6.34. The highest BCUT2D eigenvalue weighted by Crippen LogP contribution is 2.22. The van der Waals surface area contributed by atoms with Crippen LogP contribution in [0.25, 0.3) is 0 Å². The highest BCUT2D eigenvalue weighted by Gasteiger charge is 2.26. The van der Waals surface area contributed by atoms with Crippen molar-refractivity contribution >= 4 is 23.2 Å². The third kappa shape index (κ3) is 2.13. The van der Waals surface area contributed by atoms with Crippen molar-refractivity contribution in [3.05, 3.63) is 28.8 Å². The number of hydrogen-bond donors (Lipinski definition) is 2. The summed E-state index contributed by atoms with van der Waals surface area (Å²) in [5.74, 6) is -0.172. The van der Waals surface area contributed by atoms with E-state index < -0.39 is 6.10 Å². The van der Waals surface area contributed by atoms with Gasteiger partial charge in [-0.1, -0.05) is 11.6 Å². The predicted octanol–water partition coefficient (Wildman–Crippen LogP) is 1.13. The quantitative estimate of drug-likeness (QED) is 0.724. The molecule has 16 heavy (non-hydrogen) atoms. The summed E-state index contributed by atoms with van der Waals surface area (Å²) in [5.41, 5.74) is 6.52. The maximum Gasteiger partial charge on any atom is 0.255 e. The third-order valence-corrected chi connectivity index (χ3v) is 3.00. The zero-order valence-corrected chi connectivity index (χ0v) is 9.44. The number of aliphatic hydroxyl groups excluding tert-OH is 1. The molecule has 1 atom stereocenters. The largest absolute Gasteiger partial charge is 0.399 e. The number of carbonyl (C=O) groups is 1. The fraction of sp³-hybridized carbons (Fsp3) is 0.364. The smallest absolute Gasteiger partial charge is 0.255 e. The van der Waals surface area contributed by atoms with Crippen LogP contribution in [0.4, 0.5) is 5.69 Å². The van der Waals surface area contributed by atoms with Crippen LogP contribution in [0, 0.1) is 0 Å². The molecule has 0 saturated carbocycles. The van der Waals surface area contributed by atoms with Gasteiger partial charge in [-0.05, 0) is 24.6 Å². The summed E-state index contributed by atoms with van der Waals surface area (Å²) >= 11 is 5.94. The Morgan fingerprint density at radius 2 is 2.31 bits per heavy atom. The Bertz CT molecular complexity index is 422. The number of benzene rings is 1. The molecule has 1 fully saturated rings. The highest BCUT2D eigenvalue weighted by atomic mass is 35.5. The summed E-state index contributed by atoms with van der Waals surface area (Å²) in [7, 11) is 0. The molecule has 0 aliphatic carbocycles. The van der Waals surface area contributed by atoms with E-state index in [1.165, 1.54) is 0 Å². The fourth-order valence-electron chi connectivity index (χ4n) is 1.80. The molecule has 1 aliphatic heterocycles. The number of halogens is 1. The lowest BCUT2D eigenvalue weighted by Crippen LogP contribution is -2.29. The Morgan fingerprint density at radius 3 is 2.94 bits per heavy atom. The van der Waals surface area contributed by atoms with Gasteiger partial charge in [0.25, 0.3) is 5.91 Å². The lowest BCUT2D eigenvalue weighted by atomic mass is 10.2.